The molecule has 1 heterocycles. The highest BCUT2D eigenvalue weighted by molar-refractivity contribution is 5.81. The lowest BCUT2D eigenvalue weighted by molar-refractivity contribution is -0.153. The Bertz CT molecular complexity index is 359. The average molecular weight is 296 g/mol. The number of rotatable bonds is 5. The Morgan fingerprint density at radius 2 is 2.14 bits per heavy atom. The second-order valence-electron chi connectivity index (χ2n) is 6.99. The molecule has 1 aliphatic heterocycles. The molecule has 0 aromatic carbocycles. The Hall–Kier alpha value is -0.610. The van der Waals surface area contributed by atoms with E-state index in [2.05, 4.69) is 24.1 Å². The summed E-state index contributed by atoms with van der Waals surface area (Å²) in [5, 5.41) is 3.30. The largest absolute Gasteiger partial charge is 0.465 e. The summed E-state index contributed by atoms with van der Waals surface area (Å²) in [5.41, 5.74) is -0.469. The van der Waals surface area contributed by atoms with Gasteiger partial charge in [0.25, 0.3) is 0 Å². The molecular formula is C17H32N2O2. The van der Waals surface area contributed by atoms with Gasteiger partial charge in [0.1, 0.15) is 5.54 Å². The molecule has 0 aromatic rings. The molecule has 0 amide bonds. The number of nitrogens with zero attached hydrogens (tertiary/aromatic N) is 1. The maximum absolute atomic E-state index is 12.4. The standard InChI is InChI=1S/C17H32N2O2/c1-5-21-16(20)17(18-4)10-6-8-14(12-17)19-11-7-9-15(19)13(2)3/h13-15,18H,5-12H2,1-4H3. The highest BCUT2D eigenvalue weighted by Crippen LogP contribution is 2.36. The molecule has 0 bridgehead atoms. The minimum Gasteiger partial charge on any atom is -0.465 e. The zero-order valence-electron chi connectivity index (χ0n) is 14.2. The van der Waals surface area contributed by atoms with Crippen molar-refractivity contribution in [2.24, 2.45) is 5.92 Å². The Balaban J connectivity index is 2.10. The lowest BCUT2D eigenvalue weighted by atomic mass is 9.78. The highest BCUT2D eigenvalue weighted by Gasteiger charge is 2.46. The van der Waals surface area contributed by atoms with Crippen LogP contribution in [0.2, 0.25) is 0 Å². The number of likely N-dealkylation sites (tertiary alicyclic amines) is 1. The molecule has 1 aliphatic carbocycles. The van der Waals surface area contributed by atoms with E-state index in [0.29, 0.717) is 24.6 Å². The summed E-state index contributed by atoms with van der Waals surface area (Å²) in [4.78, 5) is 15.1. The predicted molar refractivity (Wildman–Crippen MR) is 85.2 cm³/mol. The number of likely N-dealkylation sites (N-methyl/N-ethyl adjacent to an activating group) is 1. The van der Waals surface area contributed by atoms with E-state index in [1.165, 1.54) is 25.8 Å². The van der Waals surface area contributed by atoms with Gasteiger partial charge in [-0.3, -0.25) is 9.69 Å². The van der Waals surface area contributed by atoms with Crippen LogP contribution >= 0.6 is 0 Å². The van der Waals surface area contributed by atoms with Gasteiger partial charge in [0, 0.05) is 12.1 Å². The summed E-state index contributed by atoms with van der Waals surface area (Å²) in [5.74, 6) is 0.637. The number of hydrogen-bond donors (Lipinski definition) is 1. The van der Waals surface area contributed by atoms with Gasteiger partial charge in [-0.1, -0.05) is 13.8 Å². The van der Waals surface area contributed by atoms with E-state index in [0.717, 1.165) is 19.3 Å². The fraction of sp³-hybridized carbons (Fsp3) is 0.941. The van der Waals surface area contributed by atoms with E-state index in [9.17, 15) is 4.79 Å². The molecule has 21 heavy (non-hydrogen) atoms. The third-order valence-electron chi connectivity index (χ3n) is 5.45. The third kappa shape index (κ3) is 3.42. The van der Waals surface area contributed by atoms with E-state index < -0.39 is 5.54 Å². The van der Waals surface area contributed by atoms with Crippen molar-refractivity contribution in [2.45, 2.75) is 76.9 Å². The zero-order valence-corrected chi connectivity index (χ0v) is 14.2. The molecule has 3 unspecified atom stereocenters. The summed E-state index contributed by atoms with van der Waals surface area (Å²) in [7, 11) is 1.91. The summed E-state index contributed by atoms with van der Waals surface area (Å²) < 4.78 is 5.34. The van der Waals surface area contributed by atoms with E-state index in [-0.39, 0.29) is 5.97 Å². The Morgan fingerprint density at radius 1 is 1.38 bits per heavy atom. The van der Waals surface area contributed by atoms with Gasteiger partial charge in [-0.05, 0) is 65.0 Å². The summed E-state index contributed by atoms with van der Waals surface area (Å²) in [6.45, 7) is 8.18. The van der Waals surface area contributed by atoms with Gasteiger partial charge >= 0.3 is 5.97 Å². The first kappa shape index (κ1) is 16.8. The number of esters is 1. The van der Waals surface area contributed by atoms with Gasteiger partial charge in [-0.25, -0.2) is 0 Å². The van der Waals surface area contributed by atoms with Gasteiger partial charge < -0.3 is 10.1 Å². The zero-order chi connectivity index (χ0) is 15.5. The molecule has 1 saturated carbocycles. The van der Waals surface area contributed by atoms with Crippen LogP contribution in [-0.4, -0.2) is 48.7 Å². The van der Waals surface area contributed by atoms with Crippen LogP contribution in [0, 0.1) is 5.92 Å². The van der Waals surface area contributed by atoms with Crippen LogP contribution in [0.25, 0.3) is 0 Å². The molecule has 3 atom stereocenters. The van der Waals surface area contributed by atoms with Crippen LogP contribution in [0.4, 0.5) is 0 Å². The molecule has 4 heteroatoms. The average Bonchev–Trinajstić information content (AvgIpc) is 2.97. The normalized spacial score (nSPS) is 34.3. The number of carbonyl (C=O) groups is 1. The SMILES string of the molecule is CCOC(=O)C1(NC)CCCC(N2CCCC2C(C)C)C1. The predicted octanol–water partition coefficient (Wildman–Crippen LogP) is 2.57. The molecule has 0 radical (unpaired) electrons. The van der Waals surface area contributed by atoms with E-state index in [1.807, 2.05) is 14.0 Å². The first-order valence-corrected chi connectivity index (χ1v) is 8.66. The Kier molecular flexibility index (Phi) is 5.67. The van der Waals surface area contributed by atoms with Crippen molar-refractivity contribution in [2.75, 3.05) is 20.2 Å². The molecule has 122 valence electrons. The third-order valence-corrected chi connectivity index (χ3v) is 5.45. The topological polar surface area (TPSA) is 41.6 Å². The van der Waals surface area contributed by atoms with E-state index >= 15 is 0 Å². The van der Waals surface area contributed by atoms with Gasteiger partial charge in [0.05, 0.1) is 6.61 Å². The maximum atomic E-state index is 12.4. The van der Waals surface area contributed by atoms with Gasteiger partial charge in [0.2, 0.25) is 0 Å². The van der Waals surface area contributed by atoms with Crippen LogP contribution in [0.1, 0.15) is 59.3 Å². The summed E-state index contributed by atoms with van der Waals surface area (Å²) in [6, 6.07) is 1.20. The monoisotopic (exact) mass is 296 g/mol. The Morgan fingerprint density at radius 3 is 2.76 bits per heavy atom. The lowest BCUT2D eigenvalue weighted by Gasteiger charge is -2.44. The summed E-state index contributed by atoms with van der Waals surface area (Å²) >= 11 is 0. The molecule has 1 saturated heterocycles. The molecule has 0 spiro atoms. The minimum atomic E-state index is -0.469. The fourth-order valence-electron chi connectivity index (χ4n) is 4.30. The number of carbonyl (C=O) groups excluding carboxylic acids is 1. The van der Waals surface area contributed by atoms with Crippen LogP contribution in [-0.2, 0) is 9.53 Å². The van der Waals surface area contributed by atoms with E-state index in [4.69, 9.17) is 4.74 Å². The fourth-order valence-corrected chi connectivity index (χ4v) is 4.30. The maximum Gasteiger partial charge on any atom is 0.326 e. The number of hydrogen-bond acceptors (Lipinski definition) is 4. The molecule has 1 N–H and O–H groups in total. The van der Waals surface area contributed by atoms with Gasteiger partial charge in [0.15, 0.2) is 0 Å². The van der Waals surface area contributed by atoms with Crippen molar-refractivity contribution >= 4 is 5.97 Å². The first-order valence-electron chi connectivity index (χ1n) is 8.66. The minimum absolute atomic E-state index is 0.0579. The van der Waals surface area contributed by atoms with E-state index in [1.54, 1.807) is 0 Å². The van der Waals surface area contributed by atoms with Crippen LogP contribution in [0.3, 0.4) is 0 Å². The molecule has 2 fully saturated rings. The Labute approximate surface area is 129 Å². The number of ether oxygens (including phenoxy) is 1. The van der Waals surface area contributed by atoms with Crippen molar-refractivity contribution in [1.82, 2.24) is 10.2 Å². The second kappa shape index (κ2) is 7.10. The lowest BCUT2D eigenvalue weighted by Crippen LogP contribution is -2.58. The van der Waals surface area contributed by atoms with Gasteiger partial charge in [-0.2, -0.15) is 0 Å². The quantitative estimate of drug-likeness (QED) is 0.792. The van der Waals surface area contributed by atoms with Crippen molar-refractivity contribution in [1.29, 1.82) is 0 Å². The molecular weight excluding hydrogens is 264 g/mol. The van der Waals surface area contributed by atoms with Crippen molar-refractivity contribution in [3.63, 3.8) is 0 Å². The second-order valence-corrected chi connectivity index (χ2v) is 6.99. The van der Waals surface area contributed by atoms with Crippen molar-refractivity contribution in [3.05, 3.63) is 0 Å². The van der Waals surface area contributed by atoms with Crippen LogP contribution in [0.15, 0.2) is 0 Å². The molecule has 0 aromatic heterocycles. The van der Waals surface area contributed by atoms with Crippen molar-refractivity contribution < 1.29 is 9.53 Å². The smallest absolute Gasteiger partial charge is 0.326 e. The van der Waals surface area contributed by atoms with Crippen LogP contribution < -0.4 is 5.32 Å². The van der Waals surface area contributed by atoms with Crippen LogP contribution in [0.5, 0.6) is 0 Å². The molecule has 2 aliphatic rings. The highest BCUT2D eigenvalue weighted by atomic mass is 16.5. The molecule has 4 nitrogen and oxygen atoms in total. The first-order chi connectivity index (χ1) is 10.0. The number of nitrogens with one attached hydrogen (secondary N) is 1. The van der Waals surface area contributed by atoms with Gasteiger partial charge in [-0.15, -0.1) is 0 Å². The molecule has 2 rings (SSSR count). The summed E-state index contributed by atoms with van der Waals surface area (Å²) in [6.07, 6.45) is 6.72. The van der Waals surface area contributed by atoms with Crippen molar-refractivity contribution in [3.8, 4) is 0 Å².